The second-order valence-electron chi connectivity index (χ2n) is 4.75. The number of rotatable bonds is 4. The van der Waals surface area contributed by atoms with Crippen molar-refractivity contribution in [3.8, 4) is 0 Å². The maximum absolute atomic E-state index is 13.5. The highest BCUT2D eigenvalue weighted by atomic mass is 19.1. The molecule has 104 valence electrons. The van der Waals surface area contributed by atoms with Gasteiger partial charge in [0, 0.05) is 13.7 Å². The number of nitrogens with zero attached hydrogens (tertiary/aromatic N) is 1. The molecule has 0 N–H and O–H groups in total. The first-order valence-corrected chi connectivity index (χ1v) is 6.34. The summed E-state index contributed by atoms with van der Waals surface area (Å²) in [4.78, 5) is 13.9. The van der Waals surface area contributed by atoms with E-state index < -0.39 is 23.0 Å². The Bertz CT molecular complexity index is 445. The summed E-state index contributed by atoms with van der Waals surface area (Å²) in [6, 6.07) is 3.46. The molecule has 1 aromatic rings. The van der Waals surface area contributed by atoms with Gasteiger partial charge in [0.15, 0.2) is 5.78 Å². The zero-order valence-corrected chi connectivity index (χ0v) is 10.9. The van der Waals surface area contributed by atoms with Crippen LogP contribution in [-0.4, -0.2) is 43.5 Å². The predicted molar refractivity (Wildman–Crippen MR) is 67.2 cm³/mol. The minimum atomic E-state index is -0.801. The minimum Gasteiger partial charge on any atom is -0.380 e. The minimum absolute atomic E-state index is 0.0255. The fraction of sp³-hybridized carbons (Fsp3) is 0.500. The van der Waals surface area contributed by atoms with E-state index in [0.717, 1.165) is 31.5 Å². The van der Waals surface area contributed by atoms with E-state index in [2.05, 4.69) is 0 Å². The van der Waals surface area contributed by atoms with Crippen LogP contribution >= 0.6 is 0 Å². The van der Waals surface area contributed by atoms with Crippen LogP contribution in [0.4, 0.5) is 8.78 Å². The Balaban J connectivity index is 2.05. The summed E-state index contributed by atoms with van der Waals surface area (Å²) in [7, 11) is 1.63. The molecule has 1 saturated heterocycles. The van der Waals surface area contributed by atoms with Crippen molar-refractivity contribution in [2.24, 2.45) is 0 Å². The van der Waals surface area contributed by atoms with Crippen molar-refractivity contribution in [2.75, 3.05) is 26.7 Å². The lowest BCUT2D eigenvalue weighted by molar-refractivity contribution is 0.0313. The van der Waals surface area contributed by atoms with Crippen molar-refractivity contribution in [3.63, 3.8) is 0 Å². The molecular formula is C14H17F2NO2. The maximum Gasteiger partial charge on any atom is 0.182 e. The molecule has 1 aromatic carbocycles. The van der Waals surface area contributed by atoms with Gasteiger partial charge in [-0.05, 0) is 31.5 Å². The van der Waals surface area contributed by atoms with E-state index in [1.807, 2.05) is 4.90 Å². The van der Waals surface area contributed by atoms with Gasteiger partial charge < -0.3 is 4.74 Å². The van der Waals surface area contributed by atoms with Crippen molar-refractivity contribution in [1.82, 2.24) is 4.90 Å². The summed E-state index contributed by atoms with van der Waals surface area (Å²) in [5.41, 5.74) is -0.443. The Kier molecular flexibility index (Phi) is 4.61. The zero-order valence-electron chi connectivity index (χ0n) is 10.9. The number of likely N-dealkylation sites (tertiary alicyclic amines) is 1. The number of Topliss-reactive ketones (excluding diaryl/α,β-unsaturated/α-hetero) is 1. The number of ketones is 1. The molecule has 1 fully saturated rings. The molecule has 3 nitrogen and oxygen atoms in total. The summed E-state index contributed by atoms with van der Waals surface area (Å²) < 4.78 is 32.2. The fourth-order valence-electron chi connectivity index (χ4n) is 2.40. The third-order valence-corrected chi connectivity index (χ3v) is 3.40. The summed E-state index contributed by atoms with van der Waals surface area (Å²) in [6.45, 7) is 1.40. The van der Waals surface area contributed by atoms with Gasteiger partial charge in [0.2, 0.25) is 0 Å². The van der Waals surface area contributed by atoms with Gasteiger partial charge in [-0.15, -0.1) is 0 Å². The first kappa shape index (κ1) is 14.1. The van der Waals surface area contributed by atoms with Crippen LogP contribution in [0.2, 0.25) is 0 Å². The Morgan fingerprint density at radius 1 is 1.42 bits per heavy atom. The molecule has 0 bridgehead atoms. The van der Waals surface area contributed by atoms with E-state index in [9.17, 15) is 13.6 Å². The molecular weight excluding hydrogens is 252 g/mol. The average molecular weight is 269 g/mol. The number of methoxy groups -OCH3 is 1. The Morgan fingerprint density at radius 2 is 2.11 bits per heavy atom. The van der Waals surface area contributed by atoms with Crippen molar-refractivity contribution in [3.05, 3.63) is 35.4 Å². The SMILES string of the molecule is COC1CCCN(CC(=O)c2c(F)cccc2F)C1. The van der Waals surface area contributed by atoms with Crippen molar-refractivity contribution >= 4 is 5.78 Å². The third-order valence-electron chi connectivity index (χ3n) is 3.40. The van der Waals surface area contributed by atoms with Gasteiger partial charge in [0.25, 0.3) is 0 Å². The van der Waals surface area contributed by atoms with Crippen molar-refractivity contribution < 1.29 is 18.3 Å². The molecule has 1 aliphatic rings. The highest BCUT2D eigenvalue weighted by Gasteiger charge is 2.24. The summed E-state index contributed by atoms with van der Waals surface area (Å²) in [6.07, 6.45) is 1.97. The smallest absolute Gasteiger partial charge is 0.182 e. The largest absolute Gasteiger partial charge is 0.380 e. The molecule has 19 heavy (non-hydrogen) atoms. The van der Waals surface area contributed by atoms with Crippen LogP contribution in [0.15, 0.2) is 18.2 Å². The van der Waals surface area contributed by atoms with Gasteiger partial charge >= 0.3 is 0 Å². The van der Waals surface area contributed by atoms with Crippen molar-refractivity contribution in [2.45, 2.75) is 18.9 Å². The van der Waals surface area contributed by atoms with E-state index in [0.29, 0.717) is 6.54 Å². The first-order valence-electron chi connectivity index (χ1n) is 6.34. The molecule has 0 spiro atoms. The molecule has 0 radical (unpaired) electrons. The standard InChI is InChI=1S/C14H17F2NO2/c1-19-10-4-3-7-17(8-10)9-13(18)14-11(15)5-2-6-12(14)16/h2,5-6,10H,3-4,7-9H2,1H3. The first-order chi connectivity index (χ1) is 9.11. The van der Waals surface area contributed by atoms with Crippen LogP contribution < -0.4 is 0 Å². The van der Waals surface area contributed by atoms with Gasteiger partial charge in [-0.25, -0.2) is 8.78 Å². The normalized spacial score (nSPS) is 20.5. The molecule has 0 aromatic heterocycles. The third kappa shape index (κ3) is 3.36. The number of carbonyl (C=O) groups is 1. The van der Waals surface area contributed by atoms with Crippen LogP contribution in [0, 0.1) is 11.6 Å². The fourth-order valence-corrected chi connectivity index (χ4v) is 2.40. The van der Waals surface area contributed by atoms with Gasteiger partial charge in [-0.2, -0.15) is 0 Å². The molecule has 5 heteroatoms. The Morgan fingerprint density at radius 3 is 2.74 bits per heavy atom. The summed E-state index contributed by atoms with van der Waals surface area (Å²) in [5, 5.41) is 0. The van der Waals surface area contributed by atoms with Crippen LogP contribution in [0.25, 0.3) is 0 Å². The van der Waals surface area contributed by atoms with E-state index in [-0.39, 0.29) is 12.6 Å². The monoisotopic (exact) mass is 269 g/mol. The van der Waals surface area contributed by atoms with Gasteiger partial charge in [0.05, 0.1) is 18.2 Å². The lowest BCUT2D eigenvalue weighted by Crippen LogP contribution is -2.42. The van der Waals surface area contributed by atoms with Crippen LogP contribution in [0.3, 0.4) is 0 Å². The molecule has 1 unspecified atom stereocenters. The molecule has 1 aliphatic heterocycles. The predicted octanol–water partition coefficient (Wildman–Crippen LogP) is 2.26. The molecule has 2 rings (SSSR count). The lowest BCUT2D eigenvalue weighted by Gasteiger charge is -2.31. The zero-order chi connectivity index (χ0) is 13.8. The van der Waals surface area contributed by atoms with E-state index in [4.69, 9.17) is 4.74 Å². The van der Waals surface area contributed by atoms with E-state index in [1.165, 1.54) is 6.07 Å². The number of carbonyl (C=O) groups excluding carboxylic acids is 1. The molecule has 1 heterocycles. The topological polar surface area (TPSA) is 29.5 Å². The van der Waals surface area contributed by atoms with Gasteiger partial charge in [-0.3, -0.25) is 9.69 Å². The Labute approximate surface area is 111 Å². The summed E-state index contributed by atoms with van der Waals surface area (Å²) >= 11 is 0. The highest BCUT2D eigenvalue weighted by Crippen LogP contribution is 2.16. The van der Waals surface area contributed by atoms with Crippen molar-refractivity contribution in [1.29, 1.82) is 0 Å². The Hall–Kier alpha value is -1.33. The molecule has 0 saturated carbocycles. The second-order valence-corrected chi connectivity index (χ2v) is 4.75. The van der Waals surface area contributed by atoms with E-state index in [1.54, 1.807) is 7.11 Å². The number of ether oxygens (including phenoxy) is 1. The van der Waals surface area contributed by atoms with Crippen LogP contribution in [0.1, 0.15) is 23.2 Å². The number of piperidine rings is 1. The number of halogens is 2. The number of benzene rings is 1. The average Bonchev–Trinajstić information content (AvgIpc) is 2.38. The molecule has 0 aliphatic carbocycles. The summed E-state index contributed by atoms with van der Waals surface area (Å²) in [5.74, 6) is -2.12. The molecule has 1 atom stereocenters. The van der Waals surface area contributed by atoms with Crippen LogP contribution in [-0.2, 0) is 4.74 Å². The lowest BCUT2D eigenvalue weighted by atomic mass is 10.1. The van der Waals surface area contributed by atoms with Gasteiger partial charge in [0.1, 0.15) is 11.6 Å². The quantitative estimate of drug-likeness (QED) is 0.785. The van der Waals surface area contributed by atoms with Crippen LogP contribution in [0.5, 0.6) is 0 Å². The maximum atomic E-state index is 13.5. The molecule has 0 amide bonds. The van der Waals surface area contributed by atoms with E-state index >= 15 is 0 Å². The number of hydrogen-bond acceptors (Lipinski definition) is 3. The highest BCUT2D eigenvalue weighted by molar-refractivity contribution is 5.98. The second kappa shape index (κ2) is 6.21. The number of hydrogen-bond donors (Lipinski definition) is 0. The van der Waals surface area contributed by atoms with Gasteiger partial charge in [-0.1, -0.05) is 6.07 Å².